The van der Waals surface area contributed by atoms with Crippen molar-refractivity contribution in [1.82, 2.24) is 14.8 Å². The lowest BCUT2D eigenvalue weighted by atomic mass is 10.0. The number of rotatable bonds is 30. The van der Waals surface area contributed by atoms with E-state index in [9.17, 15) is 26.8 Å². The number of alkyl halides is 1. The van der Waals surface area contributed by atoms with E-state index in [-0.39, 0.29) is 49.0 Å². The third kappa shape index (κ3) is 16.4. The fraction of sp³-hybridized carbons (Fsp3) is 0.609. The lowest BCUT2D eigenvalue weighted by Crippen LogP contribution is -2.46. The number of amides is 2. The van der Waals surface area contributed by atoms with Crippen molar-refractivity contribution in [3.63, 3.8) is 0 Å². The Balaban J connectivity index is 1.15. The first kappa shape index (κ1) is 49.1. The Morgan fingerprint density at radius 2 is 1.53 bits per heavy atom. The van der Waals surface area contributed by atoms with Crippen LogP contribution in [0.4, 0.5) is 8.78 Å². The first-order valence-corrected chi connectivity index (χ1v) is 23.9. The quantitative estimate of drug-likeness (QED) is 0.0524. The molecule has 0 saturated carbocycles. The molecular weight excluding hydrogens is 812 g/mol. The molecule has 0 spiro atoms. The minimum Gasteiger partial charge on any atom is -0.475 e. The van der Waals surface area contributed by atoms with Crippen molar-refractivity contribution in [1.29, 1.82) is 0 Å². The highest BCUT2D eigenvalue weighted by Gasteiger charge is 2.40. The number of aromatic nitrogens is 1. The van der Waals surface area contributed by atoms with Crippen LogP contribution in [0.2, 0.25) is 5.02 Å². The van der Waals surface area contributed by atoms with Gasteiger partial charge in [0.1, 0.15) is 30.3 Å². The monoisotopic (exact) mass is 877 g/mol. The number of nitrogens with one attached hydrogen (secondary N) is 1. The van der Waals surface area contributed by atoms with Crippen LogP contribution in [0, 0.1) is 5.82 Å². The standard InChI is InChI=1S/C46H66ClF2N3O7S/c1-4-5-6-7-8-9-10-11-12-13-14-15-16-17-18-25-57-26-20-27-59-60(55,56)34-58-38-23-24-39-40(35(2)3)32-51(42(39)29-38)33-44(53)52-31-37(48)28-43(52)46(54)50-30-36-21-19-22-41(47)45(36)49/h19,21-24,29,32,37,43H,2,4-18,20,25-28,30-31,33-34H2,1,3H3,(H,50,54)/t37-,43+/m1/s1. The molecule has 1 aromatic heterocycles. The van der Waals surface area contributed by atoms with Gasteiger partial charge in [0.15, 0.2) is 0 Å². The van der Waals surface area contributed by atoms with E-state index in [1.165, 1.54) is 101 Å². The second-order valence-corrected chi connectivity index (χ2v) is 18.0. The van der Waals surface area contributed by atoms with E-state index >= 15 is 0 Å². The van der Waals surface area contributed by atoms with Crippen molar-refractivity contribution < 1.29 is 40.4 Å². The van der Waals surface area contributed by atoms with Gasteiger partial charge in [-0.1, -0.05) is 127 Å². The van der Waals surface area contributed by atoms with Gasteiger partial charge >= 0.3 is 10.1 Å². The van der Waals surface area contributed by atoms with Gasteiger partial charge in [0, 0.05) is 55.0 Å². The van der Waals surface area contributed by atoms with Gasteiger partial charge in [-0.2, -0.15) is 8.42 Å². The second-order valence-electron chi connectivity index (χ2n) is 16.0. The van der Waals surface area contributed by atoms with Gasteiger partial charge in [0.2, 0.25) is 17.8 Å². The summed E-state index contributed by atoms with van der Waals surface area (Å²) in [6.45, 7) is 8.46. The van der Waals surface area contributed by atoms with Crippen LogP contribution in [-0.4, -0.2) is 74.2 Å². The molecule has 10 nitrogen and oxygen atoms in total. The lowest BCUT2D eigenvalue weighted by Gasteiger charge is -2.24. The molecule has 1 N–H and O–H groups in total. The summed E-state index contributed by atoms with van der Waals surface area (Å²) in [5.74, 6) is -2.26. The summed E-state index contributed by atoms with van der Waals surface area (Å²) in [7, 11) is -4.01. The number of hydrogen-bond donors (Lipinski definition) is 1. The summed E-state index contributed by atoms with van der Waals surface area (Å²) in [5.41, 5.74) is 2.20. The topological polar surface area (TPSA) is 116 Å². The highest BCUT2D eigenvalue weighted by Crippen LogP contribution is 2.31. The van der Waals surface area contributed by atoms with Crippen LogP contribution in [0.25, 0.3) is 16.5 Å². The first-order chi connectivity index (χ1) is 28.9. The largest absolute Gasteiger partial charge is 0.475 e. The molecule has 2 aromatic carbocycles. The zero-order chi connectivity index (χ0) is 43.3. The van der Waals surface area contributed by atoms with Gasteiger partial charge in [-0.05, 0) is 43.5 Å². The highest BCUT2D eigenvalue weighted by atomic mass is 35.5. The smallest absolute Gasteiger partial charge is 0.303 e. The average Bonchev–Trinajstić information content (AvgIpc) is 3.80. The molecule has 2 atom stereocenters. The number of nitrogens with zero attached hydrogens (tertiary/aromatic N) is 2. The molecule has 3 aromatic rings. The van der Waals surface area contributed by atoms with Crippen LogP contribution in [-0.2, 0) is 41.7 Å². The van der Waals surface area contributed by atoms with Gasteiger partial charge in [-0.15, -0.1) is 0 Å². The van der Waals surface area contributed by atoms with Crippen LogP contribution in [0.15, 0.2) is 49.2 Å². The Bertz CT molecular complexity index is 1920. The predicted molar refractivity (Wildman–Crippen MR) is 236 cm³/mol. The molecule has 334 valence electrons. The average molecular weight is 879 g/mol. The molecule has 14 heteroatoms. The number of ether oxygens (including phenoxy) is 2. The number of unbranched alkanes of at least 4 members (excludes halogenated alkanes) is 14. The van der Waals surface area contributed by atoms with E-state index in [0.717, 1.165) is 29.4 Å². The molecule has 2 amide bonds. The Labute approximate surface area is 361 Å². The van der Waals surface area contributed by atoms with Crippen LogP contribution >= 0.6 is 11.6 Å². The fourth-order valence-corrected chi connectivity index (χ4v) is 8.48. The molecule has 0 bridgehead atoms. The van der Waals surface area contributed by atoms with E-state index in [1.54, 1.807) is 35.0 Å². The molecule has 2 heterocycles. The van der Waals surface area contributed by atoms with Crippen molar-refractivity contribution in [2.45, 2.75) is 148 Å². The van der Waals surface area contributed by atoms with Gasteiger partial charge < -0.3 is 24.3 Å². The highest BCUT2D eigenvalue weighted by molar-refractivity contribution is 7.86. The Morgan fingerprint density at radius 3 is 2.18 bits per heavy atom. The van der Waals surface area contributed by atoms with Crippen LogP contribution < -0.4 is 10.1 Å². The molecule has 0 unspecified atom stereocenters. The number of allylic oxidation sites excluding steroid dienone is 1. The summed E-state index contributed by atoms with van der Waals surface area (Å²) in [4.78, 5) is 28.0. The van der Waals surface area contributed by atoms with Crippen molar-refractivity contribution in [2.24, 2.45) is 0 Å². The molecular formula is C46H66ClF2N3O7S. The van der Waals surface area contributed by atoms with Gasteiger partial charge in [0.05, 0.1) is 23.7 Å². The third-order valence-electron chi connectivity index (χ3n) is 10.9. The SMILES string of the molecule is C=C(C)c1cn(CC(=O)N2C[C@H](F)C[C@H]2C(=O)NCc2cccc(Cl)c2F)c2cc(OCS(=O)(=O)OCCCOCCCCCCCCCCCCCCCCC)ccc12. The molecule has 1 fully saturated rings. The van der Waals surface area contributed by atoms with Crippen molar-refractivity contribution in [3.05, 3.63) is 71.1 Å². The molecule has 0 radical (unpaired) electrons. The lowest BCUT2D eigenvalue weighted by molar-refractivity contribution is -0.139. The predicted octanol–water partition coefficient (Wildman–Crippen LogP) is 10.7. The number of carbonyl (C=O) groups is 2. The van der Waals surface area contributed by atoms with Gasteiger partial charge in [-0.3, -0.25) is 13.8 Å². The molecule has 1 aliphatic heterocycles. The Hall–Kier alpha value is -3.52. The Kier molecular flexibility index (Phi) is 21.3. The summed E-state index contributed by atoms with van der Waals surface area (Å²) in [6.07, 6.45) is 20.1. The second kappa shape index (κ2) is 26.1. The summed E-state index contributed by atoms with van der Waals surface area (Å²) in [6, 6.07) is 8.32. The molecule has 60 heavy (non-hydrogen) atoms. The number of likely N-dealkylation sites (tertiary alicyclic amines) is 1. The summed E-state index contributed by atoms with van der Waals surface area (Å²) >= 11 is 5.86. The minimum atomic E-state index is -4.01. The van der Waals surface area contributed by atoms with Gasteiger partial charge in [-0.25, -0.2) is 8.78 Å². The Morgan fingerprint density at radius 1 is 0.900 bits per heavy atom. The van der Waals surface area contributed by atoms with E-state index in [4.69, 9.17) is 25.3 Å². The fourth-order valence-electron chi connectivity index (χ4n) is 7.56. The van der Waals surface area contributed by atoms with Gasteiger partial charge in [0.25, 0.3) is 0 Å². The van der Waals surface area contributed by atoms with E-state index in [1.807, 2.05) is 6.92 Å². The molecule has 1 aliphatic rings. The summed E-state index contributed by atoms with van der Waals surface area (Å²) in [5, 5.41) is 3.26. The van der Waals surface area contributed by atoms with Crippen molar-refractivity contribution in [3.8, 4) is 5.75 Å². The number of halogens is 3. The zero-order valence-corrected chi connectivity index (χ0v) is 37.2. The van der Waals surface area contributed by atoms with E-state index in [2.05, 4.69) is 18.8 Å². The molecule has 1 saturated heterocycles. The number of hydrogen-bond acceptors (Lipinski definition) is 7. The molecule has 0 aliphatic carbocycles. The van der Waals surface area contributed by atoms with Crippen molar-refractivity contribution in [2.75, 3.05) is 32.3 Å². The van der Waals surface area contributed by atoms with Crippen molar-refractivity contribution >= 4 is 50.0 Å². The van der Waals surface area contributed by atoms with E-state index < -0.39 is 45.9 Å². The maximum atomic E-state index is 14.7. The first-order valence-electron chi connectivity index (χ1n) is 21.9. The molecule has 4 rings (SSSR count). The normalized spacial score (nSPS) is 15.5. The van der Waals surface area contributed by atoms with Crippen LogP contribution in [0.3, 0.4) is 0 Å². The number of carbonyl (C=O) groups excluding carboxylic acids is 2. The van der Waals surface area contributed by atoms with E-state index in [0.29, 0.717) is 25.2 Å². The zero-order valence-electron chi connectivity index (χ0n) is 35.7. The third-order valence-corrected chi connectivity index (χ3v) is 12.2. The minimum absolute atomic E-state index is 0.0245. The van der Waals surface area contributed by atoms with Crippen LogP contribution in [0.1, 0.15) is 134 Å². The number of fused-ring (bicyclic) bond motifs is 1. The maximum absolute atomic E-state index is 14.7. The number of benzene rings is 2. The van der Waals surface area contributed by atoms with Crippen LogP contribution in [0.5, 0.6) is 5.75 Å². The maximum Gasteiger partial charge on any atom is 0.303 e. The summed E-state index contributed by atoms with van der Waals surface area (Å²) < 4.78 is 72.4.